The van der Waals surface area contributed by atoms with Crippen molar-refractivity contribution < 1.29 is 9.90 Å². The number of aliphatic hydroxyl groups is 1. The number of benzene rings is 1. The summed E-state index contributed by atoms with van der Waals surface area (Å²) in [5.74, 6) is -0.291. The molecule has 1 aliphatic rings. The molecule has 0 aliphatic carbocycles. The summed E-state index contributed by atoms with van der Waals surface area (Å²) in [6.45, 7) is 0.541. The van der Waals surface area contributed by atoms with E-state index < -0.39 is 5.60 Å². The Labute approximate surface area is 125 Å². The van der Waals surface area contributed by atoms with Gasteiger partial charge in [0.1, 0.15) is 5.01 Å². The lowest BCUT2D eigenvalue weighted by molar-refractivity contribution is -0.143. The van der Waals surface area contributed by atoms with E-state index in [1.807, 2.05) is 18.2 Å². The maximum atomic E-state index is 12.0. The van der Waals surface area contributed by atoms with Crippen LogP contribution in [0.15, 0.2) is 29.6 Å². The van der Waals surface area contributed by atoms with E-state index in [2.05, 4.69) is 4.98 Å². The molecule has 1 fully saturated rings. The van der Waals surface area contributed by atoms with Crippen LogP contribution in [0.25, 0.3) is 10.6 Å². The Hall–Kier alpha value is -1.43. The first-order chi connectivity index (χ1) is 9.50. The summed E-state index contributed by atoms with van der Waals surface area (Å²) in [5, 5.41) is 13.7. The van der Waals surface area contributed by atoms with E-state index in [1.54, 1.807) is 18.5 Å². The summed E-state index contributed by atoms with van der Waals surface area (Å²) in [6.07, 6.45) is 0.376. The lowest BCUT2D eigenvalue weighted by Crippen LogP contribution is -2.36. The van der Waals surface area contributed by atoms with E-state index in [0.29, 0.717) is 23.7 Å². The second-order valence-electron chi connectivity index (χ2n) is 4.89. The summed E-state index contributed by atoms with van der Waals surface area (Å²) < 4.78 is 0. The smallest absolute Gasteiger partial charge is 0.260 e. The average Bonchev–Trinajstić information content (AvgIpc) is 3.02. The fraction of sp³-hybridized carbons (Fsp3) is 0.286. The van der Waals surface area contributed by atoms with Crippen molar-refractivity contribution in [1.82, 2.24) is 9.88 Å². The Morgan fingerprint density at radius 3 is 2.95 bits per heavy atom. The molecule has 3 rings (SSSR count). The van der Waals surface area contributed by atoms with Crippen LogP contribution in [0.3, 0.4) is 0 Å². The SMILES string of the molecule is CN1CC[C@@](O)(c2csc(-c3cccc(Cl)c3)n2)C1=O. The number of nitrogens with zero attached hydrogens (tertiary/aromatic N) is 2. The molecule has 20 heavy (non-hydrogen) atoms. The number of aromatic nitrogens is 1. The predicted octanol–water partition coefficient (Wildman–Crippen LogP) is 2.51. The van der Waals surface area contributed by atoms with Gasteiger partial charge in [-0.25, -0.2) is 4.98 Å². The lowest BCUT2D eigenvalue weighted by Gasteiger charge is -2.18. The molecule has 1 atom stereocenters. The van der Waals surface area contributed by atoms with Crippen LogP contribution in [0.4, 0.5) is 0 Å². The number of likely N-dealkylation sites (N-methyl/N-ethyl adjacent to an activating group) is 1. The van der Waals surface area contributed by atoms with Crippen LogP contribution in [-0.4, -0.2) is 34.5 Å². The van der Waals surface area contributed by atoms with Gasteiger partial charge in [-0.3, -0.25) is 4.79 Å². The number of hydrogen-bond donors (Lipinski definition) is 1. The van der Waals surface area contributed by atoms with Gasteiger partial charge < -0.3 is 10.0 Å². The standard InChI is InChI=1S/C14H13ClN2O2S/c1-17-6-5-14(19,13(17)18)11-8-20-12(16-11)9-3-2-4-10(15)7-9/h2-4,7-8,19H,5-6H2,1H3/t14-/m1/s1. The number of carbonyl (C=O) groups excluding carboxylic acids is 1. The number of rotatable bonds is 2. The highest BCUT2D eigenvalue weighted by molar-refractivity contribution is 7.13. The maximum Gasteiger partial charge on any atom is 0.260 e. The lowest BCUT2D eigenvalue weighted by atomic mass is 9.99. The minimum Gasteiger partial charge on any atom is -0.374 e. The quantitative estimate of drug-likeness (QED) is 0.927. The number of thiazole rings is 1. The van der Waals surface area contributed by atoms with Crippen molar-refractivity contribution >= 4 is 28.8 Å². The number of halogens is 1. The van der Waals surface area contributed by atoms with Crippen LogP contribution in [0.5, 0.6) is 0 Å². The molecule has 0 radical (unpaired) electrons. The number of likely N-dealkylation sites (tertiary alicyclic amines) is 1. The van der Waals surface area contributed by atoms with E-state index in [-0.39, 0.29) is 5.91 Å². The van der Waals surface area contributed by atoms with Crippen molar-refractivity contribution in [2.75, 3.05) is 13.6 Å². The topological polar surface area (TPSA) is 53.4 Å². The second-order valence-corrected chi connectivity index (χ2v) is 6.18. The van der Waals surface area contributed by atoms with Crippen molar-refractivity contribution in [3.05, 3.63) is 40.4 Å². The maximum absolute atomic E-state index is 12.0. The minimum absolute atomic E-state index is 0.291. The van der Waals surface area contributed by atoms with E-state index in [0.717, 1.165) is 10.6 Å². The Morgan fingerprint density at radius 1 is 1.50 bits per heavy atom. The van der Waals surface area contributed by atoms with Gasteiger partial charge in [-0.05, 0) is 12.1 Å². The minimum atomic E-state index is -1.48. The summed E-state index contributed by atoms with van der Waals surface area (Å²) in [7, 11) is 1.69. The van der Waals surface area contributed by atoms with Crippen molar-refractivity contribution in [2.45, 2.75) is 12.0 Å². The zero-order valence-corrected chi connectivity index (χ0v) is 12.4. The van der Waals surface area contributed by atoms with Gasteiger partial charge >= 0.3 is 0 Å². The third kappa shape index (κ3) is 2.12. The van der Waals surface area contributed by atoms with Gasteiger partial charge in [-0.2, -0.15) is 0 Å². The second kappa shape index (κ2) is 4.84. The molecule has 0 bridgehead atoms. The first kappa shape index (κ1) is 13.5. The molecule has 0 saturated carbocycles. The highest BCUT2D eigenvalue weighted by Gasteiger charge is 2.46. The van der Waals surface area contributed by atoms with Crippen LogP contribution < -0.4 is 0 Å². The molecule has 104 valence electrons. The van der Waals surface area contributed by atoms with Crippen LogP contribution in [0, 0.1) is 0 Å². The fourth-order valence-corrected chi connectivity index (χ4v) is 3.38. The largest absolute Gasteiger partial charge is 0.374 e. The highest BCUT2D eigenvalue weighted by Crippen LogP contribution is 2.35. The molecule has 2 aromatic rings. The van der Waals surface area contributed by atoms with E-state index in [1.165, 1.54) is 16.2 Å². The summed E-state index contributed by atoms with van der Waals surface area (Å²) >= 11 is 7.36. The Balaban J connectivity index is 1.97. The average molecular weight is 309 g/mol. The highest BCUT2D eigenvalue weighted by atomic mass is 35.5. The Kier molecular flexibility index (Phi) is 3.28. The van der Waals surface area contributed by atoms with Crippen LogP contribution in [-0.2, 0) is 10.4 Å². The summed E-state index contributed by atoms with van der Waals surface area (Å²) in [6, 6.07) is 7.36. The monoisotopic (exact) mass is 308 g/mol. The molecular formula is C14H13ClN2O2S. The van der Waals surface area contributed by atoms with E-state index in [9.17, 15) is 9.90 Å². The van der Waals surface area contributed by atoms with E-state index >= 15 is 0 Å². The number of amides is 1. The molecule has 0 unspecified atom stereocenters. The summed E-state index contributed by atoms with van der Waals surface area (Å²) in [5.41, 5.74) is -0.176. The van der Waals surface area contributed by atoms with Crippen molar-refractivity contribution in [3.8, 4) is 10.6 Å². The van der Waals surface area contributed by atoms with Gasteiger partial charge in [0.25, 0.3) is 5.91 Å². The predicted molar refractivity (Wildman–Crippen MR) is 78.7 cm³/mol. The van der Waals surface area contributed by atoms with Gasteiger partial charge in [0, 0.05) is 36.0 Å². The van der Waals surface area contributed by atoms with Crippen molar-refractivity contribution in [1.29, 1.82) is 0 Å². The van der Waals surface area contributed by atoms with Crippen molar-refractivity contribution in [3.63, 3.8) is 0 Å². The fourth-order valence-electron chi connectivity index (χ4n) is 2.31. The van der Waals surface area contributed by atoms with Crippen molar-refractivity contribution in [2.24, 2.45) is 0 Å². The molecule has 0 spiro atoms. The Bertz CT molecular complexity index is 673. The first-order valence-corrected chi connectivity index (χ1v) is 7.46. The van der Waals surface area contributed by atoms with Crippen LogP contribution >= 0.6 is 22.9 Å². The molecular weight excluding hydrogens is 296 g/mol. The number of hydrogen-bond acceptors (Lipinski definition) is 4. The molecule has 1 amide bonds. The zero-order valence-electron chi connectivity index (χ0n) is 10.8. The van der Waals surface area contributed by atoms with Gasteiger partial charge in [0.15, 0.2) is 5.60 Å². The van der Waals surface area contributed by atoms with Gasteiger partial charge in [0.05, 0.1) is 5.69 Å². The van der Waals surface area contributed by atoms with E-state index in [4.69, 9.17) is 11.6 Å². The number of carbonyl (C=O) groups is 1. The molecule has 1 aromatic heterocycles. The zero-order chi connectivity index (χ0) is 14.3. The molecule has 1 aliphatic heterocycles. The van der Waals surface area contributed by atoms with Crippen LogP contribution in [0.1, 0.15) is 12.1 Å². The molecule has 6 heteroatoms. The molecule has 1 N–H and O–H groups in total. The third-order valence-corrected chi connectivity index (χ3v) is 4.64. The van der Waals surface area contributed by atoms with Crippen LogP contribution in [0.2, 0.25) is 5.02 Å². The Morgan fingerprint density at radius 2 is 2.30 bits per heavy atom. The summed E-state index contributed by atoms with van der Waals surface area (Å²) in [4.78, 5) is 18.0. The molecule has 2 heterocycles. The van der Waals surface area contributed by atoms with Gasteiger partial charge in [0.2, 0.25) is 0 Å². The normalized spacial score (nSPS) is 22.6. The van der Waals surface area contributed by atoms with Gasteiger partial charge in [-0.1, -0.05) is 23.7 Å². The third-order valence-electron chi connectivity index (χ3n) is 3.51. The molecule has 1 saturated heterocycles. The first-order valence-electron chi connectivity index (χ1n) is 6.20. The van der Waals surface area contributed by atoms with Gasteiger partial charge in [-0.15, -0.1) is 11.3 Å². The molecule has 1 aromatic carbocycles. The molecule has 4 nitrogen and oxygen atoms in total.